The first-order valence-electron chi connectivity index (χ1n) is 9.94. The normalized spacial score (nSPS) is 10.5. The van der Waals surface area contributed by atoms with Crippen LogP contribution in [0.3, 0.4) is 0 Å². The molecule has 33 heavy (non-hydrogen) atoms. The molecule has 0 spiro atoms. The lowest BCUT2D eigenvalue weighted by molar-refractivity contribution is 0.0599. The summed E-state index contributed by atoms with van der Waals surface area (Å²) in [5.74, 6) is -0.498. The zero-order valence-electron chi connectivity index (χ0n) is 18.0. The lowest BCUT2D eigenvalue weighted by Crippen LogP contribution is -2.09. The number of aromatic nitrogens is 2. The molecule has 0 aliphatic heterocycles. The van der Waals surface area contributed by atoms with Crippen LogP contribution in [0.2, 0.25) is 0 Å². The number of hydrogen-bond acceptors (Lipinski definition) is 9. The highest BCUT2D eigenvalue weighted by Gasteiger charge is 2.16. The molecular weight excluding hydrogens is 422 g/mol. The molecule has 4 N–H and O–H groups in total. The number of ether oxygens (including phenoxy) is 2. The Labute approximate surface area is 189 Å². The van der Waals surface area contributed by atoms with Gasteiger partial charge in [0.2, 0.25) is 0 Å². The molecule has 0 radical (unpaired) electrons. The van der Waals surface area contributed by atoms with Crippen molar-refractivity contribution in [2.75, 3.05) is 30.6 Å². The van der Waals surface area contributed by atoms with E-state index in [9.17, 15) is 9.59 Å². The van der Waals surface area contributed by atoms with Gasteiger partial charge in [0.25, 0.3) is 0 Å². The Morgan fingerprint density at radius 3 is 2.09 bits per heavy atom. The Morgan fingerprint density at radius 2 is 1.42 bits per heavy atom. The fraction of sp³-hybridized carbons (Fsp3) is 0.0833. The van der Waals surface area contributed by atoms with E-state index in [4.69, 9.17) is 15.2 Å². The van der Waals surface area contributed by atoms with E-state index in [1.54, 1.807) is 0 Å². The van der Waals surface area contributed by atoms with Gasteiger partial charge in [-0.3, -0.25) is 0 Å². The van der Waals surface area contributed by atoms with Crippen LogP contribution >= 0.6 is 0 Å². The molecule has 4 rings (SSSR count). The van der Waals surface area contributed by atoms with E-state index in [1.165, 1.54) is 38.7 Å². The number of benzene rings is 3. The van der Waals surface area contributed by atoms with Crippen molar-refractivity contribution in [3.63, 3.8) is 0 Å². The molecule has 0 saturated carbocycles. The number of carbonyl (C=O) groups is 2. The molecule has 3 aromatic carbocycles. The molecule has 0 aliphatic rings. The van der Waals surface area contributed by atoms with Gasteiger partial charge in [-0.2, -0.15) is 0 Å². The highest BCUT2D eigenvalue weighted by Crippen LogP contribution is 2.31. The molecular formula is C24H21N5O4. The summed E-state index contributed by atoms with van der Waals surface area (Å²) in [6.45, 7) is 0. The van der Waals surface area contributed by atoms with Gasteiger partial charge in [0.15, 0.2) is 11.6 Å². The number of nitrogens with two attached hydrogens (primary N) is 1. The van der Waals surface area contributed by atoms with E-state index < -0.39 is 11.9 Å². The Morgan fingerprint density at radius 1 is 0.818 bits per heavy atom. The molecule has 0 atom stereocenters. The third-order valence-corrected chi connectivity index (χ3v) is 4.96. The highest BCUT2D eigenvalue weighted by atomic mass is 16.5. The Kier molecular flexibility index (Phi) is 6.03. The first kappa shape index (κ1) is 21.6. The van der Waals surface area contributed by atoms with Crippen LogP contribution in [0.5, 0.6) is 0 Å². The number of methoxy groups -OCH3 is 2. The number of rotatable bonds is 6. The number of nitrogens with zero attached hydrogens (tertiary/aromatic N) is 2. The van der Waals surface area contributed by atoms with Crippen molar-refractivity contribution >= 4 is 51.4 Å². The molecule has 0 unspecified atom stereocenters. The van der Waals surface area contributed by atoms with Crippen LogP contribution in [0.4, 0.5) is 28.7 Å². The van der Waals surface area contributed by atoms with Gasteiger partial charge in [0.1, 0.15) is 12.0 Å². The number of hydrogen-bond donors (Lipinski definition) is 3. The second-order valence-corrected chi connectivity index (χ2v) is 7.04. The van der Waals surface area contributed by atoms with Crippen LogP contribution in [-0.2, 0) is 9.47 Å². The van der Waals surface area contributed by atoms with Gasteiger partial charge >= 0.3 is 11.9 Å². The molecule has 1 aromatic heterocycles. The van der Waals surface area contributed by atoms with Crippen LogP contribution in [0.25, 0.3) is 10.8 Å². The smallest absolute Gasteiger partial charge is 0.337 e. The topological polar surface area (TPSA) is 128 Å². The van der Waals surface area contributed by atoms with Crippen molar-refractivity contribution in [3.8, 4) is 0 Å². The average Bonchev–Trinajstić information content (AvgIpc) is 2.85. The van der Waals surface area contributed by atoms with E-state index in [2.05, 4.69) is 20.6 Å². The third-order valence-electron chi connectivity index (χ3n) is 4.96. The molecule has 9 nitrogen and oxygen atoms in total. The summed E-state index contributed by atoms with van der Waals surface area (Å²) in [5.41, 5.74) is 8.18. The number of fused-ring (bicyclic) bond motifs is 1. The first-order valence-corrected chi connectivity index (χ1v) is 9.94. The van der Waals surface area contributed by atoms with Crippen LogP contribution in [-0.4, -0.2) is 36.1 Å². The highest BCUT2D eigenvalue weighted by molar-refractivity contribution is 5.98. The van der Waals surface area contributed by atoms with Gasteiger partial charge in [0.05, 0.1) is 25.3 Å². The number of anilines is 5. The minimum absolute atomic E-state index is 0.171. The van der Waals surface area contributed by atoms with Crippen molar-refractivity contribution in [1.29, 1.82) is 0 Å². The summed E-state index contributed by atoms with van der Waals surface area (Å²) in [4.78, 5) is 32.6. The quantitative estimate of drug-likeness (QED) is 0.374. The first-order chi connectivity index (χ1) is 16.0. The zero-order chi connectivity index (χ0) is 23.4. The van der Waals surface area contributed by atoms with Gasteiger partial charge in [0, 0.05) is 16.8 Å². The van der Waals surface area contributed by atoms with Gasteiger partial charge < -0.3 is 25.8 Å². The molecule has 0 fully saturated rings. The van der Waals surface area contributed by atoms with Gasteiger partial charge in [-0.1, -0.05) is 36.4 Å². The fourth-order valence-electron chi connectivity index (χ4n) is 3.36. The maximum atomic E-state index is 12.1. The van der Waals surface area contributed by atoms with Gasteiger partial charge in [-0.15, -0.1) is 0 Å². The van der Waals surface area contributed by atoms with Crippen molar-refractivity contribution in [2.45, 2.75) is 0 Å². The summed E-state index contributed by atoms with van der Waals surface area (Å²) in [5, 5.41) is 8.38. The summed E-state index contributed by atoms with van der Waals surface area (Å²) >= 11 is 0. The third kappa shape index (κ3) is 4.52. The van der Waals surface area contributed by atoms with Crippen LogP contribution in [0.1, 0.15) is 20.7 Å². The maximum absolute atomic E-state index is 12.1. The molecule has 0 amide bonds. The Hall–Kier alpha value is -4.66. The maximum Gasteiger partial charge on any atom is 0.337 e. The minimum Gasteiger partial charge on any atom is -0.465 e. The molecule has 1 heterocycles. The van der Waals surface area contributed by atoms with Crippen molar-refractivity contribution < 1.29 is 19.1 Å². The second-order valence-electron chi connectivity index (χ2n) is 7.04. The number of carbonyl (C=O) groups excluding carboxylic acids is 2. The average molecular weight is 443 g/mol. The molecule has 0 aliphatic carbocycles. The van der Waals surface area contributed by atoms with Crippen LogP contribution in [0, 0.1) is 0 Å². The number of esters is 2. The predicted molar refractivity (Wildman–Crippen MR) is 126 cm³/mol. The van der Waals surface area contributed by atoms with Gasteiger partial charge in [-0.25, -0.2) is 19.6 Å². The summed E-state index contributed by atoms with van der Waals surface area (Å²) in [6.07, 6.45) is 1.36. The van der Waals surface area contributed by atoms with E-state index in [1.807, 2.05) is 42.5 Å². The lowest BCUT2D eigenvalue weighted by atomic mass is 10.1. The summed E-state index contributed by atoms with van der Waals surface area (Å²) < 4.78 is 9.55. The van der Waals surface area contributed by atoms with Crippen molar-refractivity contribution in [3.05, 3.63) is 78.1 Å². The SMILES string of the molecule is COC(=O)c1cc(Nc2ncnc(Nc3cccc4ccccc34)c2N)cc(C(=O)OC)c1. The largest absolute Gasteiger partial charge is 0.465 e. The minimum atomic E-state index is -0.599. The van der Waals surface area contributed by atoms with E-state index >= 15 is 0 Å². The molecule has 0 saturated heterocycles. The van der Waals surface area contributed by atoms with Crippen LogP contribution in [0.15, 0.2) is 67.0 Å². The van der Waals surface area contributed by atoms with Gasteiger partial charge in [-0.05, 0) is 29.7 Å². The molecule has 166 valence electrons. The number of nitrogens with one attached hydrogen (secondary N) is 2. The zero-order valence-corrected chi connectivity index (χ0v) is 18.0. The van der Waals surface area contributed by atoms with Crippen molar-refractivity contribution in [2.24, 2.45) is 0 Å². The summed E-state index contributed by atoms with van der Waals surface area (Å²) in [7, 11) is 2.52. The monoisotopic (exact) mass is 443 g/mol. The molecule has 9 heteroatoms. The van der Waals surface area contributed by atoms with E-state index in [-0.39, 0.29) is 16.8 Å². The van der Waals surface area contributed by atoms with E-state index in [0.29, 0.717) is 17.3 Å². The Balaban J connectivity index is 1.68. The predicted octanol–water partition coefficient (Wildman–Crippen LogP) is 4.27. The van der Waals surface area contributed by atoms with E-state index in [0.717, 1.165) is 16.5 Å². The summed E-state index contributed by atoms with van der Waals surface area (Å²) in [6, 6.07) is 18.3. The second kappa shape index (κ2) is 9.23. The Bertz CT molecular complexity index is 1320. The molecule has 0 bridgehead atoms. The lowest BCUT2D eigenvalue weighted by Gasteiger charge is -2.15. The number of nitrogen functional groups attached to an aromatic ring is 1. The fourth-order valence-corrected chi connectivity index (χ4v) is 3.36. The van der Waals surface area contributed by atoms with Crippen LogP contribution < -0.4 is 16.4 Å². The standard InChI is InChI=1S/C24H21N5O4/c1-32-23(30)15-10-16(24(31)33-2)12-17(11-15)28-21-20(25)22(27-13-26-21)29-19-9-5-7-14-6-3-4-8-18(14)19/h3-13H,25H2,1-2H3,(H2,26,27,28,29). The van der Waals surface area contributed by atoms with Crippen molar-refractivity contribution in [1.82, 2.24) is 9.97 Å². The molecule has 4 aromatic rings.